The summed E-state index contributed by atoms with van der Waals surface area (Å²) in [6, 6.07) is 17.5. The Kier molecular flexibility index (Phi) is 5.41. The van der Waals surface area contributed by atoms with Crippen molar-refractivity contribution in [1.82, 2.24) is 9.97 Å². The molecule has 0 bridgehead atoms. The molecule has 128 valence electrons. The zero-order valence-electron chi connectivity index (χ0n) is 13.9. The summed E-state index contributed by atoms with van der Waals surface area (Å²) >= 11 is 12.1. The maximum atomic E-state index is 6.09. The van der Waals surface area contributed by atoms with Gasteiger partial charge in [-0.25, -0.2) is 4.98 Å². The molecule has 0 saturated carbocycles. The van der Waals surface area contributed by atoms with Crippen molar-refractivity contribution in [3.8, 4) is 11.3 Å². The van der Waals surface area contributed by atoms with Gasteiger partial charge in [-0.2, -0.15) is 4.98 Å². The fraction of sp³-hybridized carbons (Fsp3) is 0.158. The molecule has 4 nitrogen and oxygen atoms in total. The molecule has 0 aliphatic rings. The number of aromatic nitrogens is 2. The van der Waals surface area contributed by atoms with Crippen LogP contribution in [0.5, 0.6) is 0 Å². The molecule has 1 aromatic heterocycles. The molecule has 0 radical (unpaired) electrons. The first-order chi connectivity index (χ1) is 12.0. The van der Waals surface area contributed by atoms with E-state index in [0.29, 0.717) is 21.8 Å². The minimum Gasteiger partial charge on any atom is -0.352 e. The van der Waals surface area contributed by atoms with Crippen LogP contribution in [-0.2, 0) is 0 Å². The van der Waals surface area contributed by atoms with Gasteiger partial charge in [0.2, 0.25) is 5.95 Å². The molecule has 0 aliphatic heterocycles. The number of halogens is 2. The van der Waals surface area contributed by atoms with Crippen molar-refractivity contribution < 1.29 is 0 Å². The molecule has 6 heteroatoms. The molecule has 25 heavy (non-hydrogen) atoms. The van der Waals surface area contributed by atoms with Gasteiger partial charge in [0.1, 0.15) is 5.82 Å². The molecular weight excluding hydrogens is 355 g/mol. The van der Waals surface area contributed by atoms with Gasteiger partial charge in [0.15, 0.2) is 0 Å². The van der Waals surface area contributed by atoms with E-state index in [1.807, 2.05) is 56.3 Å². The third-order valence-electron chi connectivity index (χ3n) is 3.41. The van der Waals surface area contributed by atoms with Gasteiger partial charge in [0, 0.05) is 23.4 Å². The van der Waals surface area contributed by atoms with Crippen molar-refractivity contribution >= 4 is 40.7 Å². The number of nitrogens with one attached hydrogen (secondary N) is 2. The number of anilines is 3. The van der Waals surface area contributed by atoms with Crippen molar-refractivity contribution in [3.63, 3.8) is 0 Å². The van der Waals surface area contributed by atoms with E-state index >= 15 is 0 Å². The Bertz CT molecular complexity index is 867. The molecule has 0 amide bonds. The van der Waals surface area contributed by atoms with Crippen LogP contribution in [0.1, 0.15) is 13.8 Å². The van der Waals surface area contributed by atoms with Gasteiger partial charge in [-0.1, -0.05) is 53.5 Å². The molecule has 0 fully saturated rings. The summed E-state index contributed by atoms with van der Waals surface area (Å²) in [5.41, 5.74) is 2.66. The van der Waals surface area contributed by atoms with Gasteiger partial charge in [-0.15, -0.1) is 0 Å². The first kappa shape index (κ1) is 17.5. The topological polar surface area (TPSA) is 49.8 Å². The Hall–Kier alpha value is -2.30. The Morgan fingerprint density at radius 1 is 0.880 bits per heavy atom. The van der Waals surface area contributed by atoms with Gasteiger partial charge < -0.3 is 10.6 Å². The lowest BCUT2D eigenvalue weighted by Gasteiger charge is -2.13. The predicted octanol–water partition coefficient (Wildman–Crippen LogP) is 6.01. The third-order valence-corrected chi connectivity index (χ3v) is 4.14. The highest BCUT2D eigenvalue weighted by Crippen LogP contribution is 2.28. The van der Waals surface area contributed by atoms with E-state index in [0.717, 1.165) is 16.9 Å². The van der Waals surface area contributed by atoms with Crippen LogP contribution in [0.25, 0.3) is 11.3 Å². The van der Waals surface area contributed by atoms with Crippen LogP contribution in [0, 0.1) is 0 Å². The zero-order chi connectivity index (χ0) is 17.8. The van der Waals surface area contributed by atoms with Crippen LogP contribution < -0.4 is 10.6 Å². The van der Waals surface area contributed by atoms with Gasteiger partial charge >= 0.3 is 0 Å². The first-order valence-electron chi connectivity index (χ1n) is 7.94. The van der Waals surface area contributed by atoms with E-state index in [9.17, 15) is 0 Å². The number of hydrogen-bond acceptors (Lipinski definition) is 4. The van der Waals surface area contributed by atoms with Gasteiger partial charge in [-0.05, 0) is 32.0 Å². The normalized spacial score (nSPS) is 10.8. The quantitative estimate of drug-likeness (QED) is 0.575. The number of benzene rings is 2. The van der Waals surface area contributed by atoms with Gasteiger partial charge in [-0.3, -0.25) is 0 Å². The van der Waals surface area contributed by atoms with Crippen molar-refractivity contribution in [3.05, 3.63) is 64.6 Å². The summed E-state index contributed by atoms with van der Waals surface area (Å²) < 4.78 is 0. The molecule has 0 atom stereocenters. The minimum atomic E-state index is 0.226. The highest BCUT2D eigenvalue weighted by Gasteiger charge is 2.09. The van der Waals surface area contributed by atoms with E-state index < -0.39 is 0 Å². The Balaban J connectivity index is 1.98. The van der Waals surface area contributed by atoms with E-state index in [1.54, 1.807) is 12.1 Å². The van der Waals surface area contributed by atoms with E-state index in [-0.39, 0.29) is 6.04 Å². The van der Waals surface area contributed by atoms with Gasteiger partial charge in [0.05, 0.1) is 15.7 Å². The van der Waals surface area contributed by atoms with E-state index in [2.05, 4.69) is 20.6 Å². The van der Waals surface area contributed by atoms with Gasteiger partial charge in [0.25, 0.3) is 0 Å². The number of nitrogens with zero attached hydrogens (tertiary/aromatic N) is 2. The SMILES string of the molecule is CC(C)Nc1nc(Nc2ccc(Cl)c(Cl)c2)cc(-c2ccccc2)n1. The highest BCUT2D eigenvalue weighted by molar-refractivity contribution is 6.42. The van der Waals surface area contributed by atoms with Crippen LogP contribution in [0.4, 0.5) is 17.5 Å². The maximum Gasteiger partial charge on any atom is 0.225 e. The molecule has 3 aromatic rings. The predicted molar refractivity (Wildman–Crippen MR) is 106 cm³/mol. The van der Waals surface area contributed by atoms with E-state index in [4.69, 9.17) is 23.2 Å². The van der Waals surface area contributed by atoms with Crippen molar-refractivity contribution in [1.29, 1.82) is 0 Å². The minimum absolute atomic E-state index is 0.226. The number of hydrogen-bond donors (Lipinski definition) is 2. The summed E-state index contributed by atoms with van der Waals surface area (Å²) in [7, 11) is 0. The summed E-state index contributed by atoms with van der Waals surface area (Å²) in [5.74, 6) is 1.24. The lowest BCUT2D eigenvalue weighted by Crippen LogP contribution is -2.13. The fourth-order valence-corrected chi connectivity index (χ4v) is 2.61. The third kappa shape index (κ3) is 4.62. The average Bonchev–Trinajstić information content (AvgIpc) is 2.58. The largest absolute Gasteiger partial charge is 0.352 e. The lowest BCUT2D eigenvalue weighted by atomic mass is 10.1. The van der Waals surface area contributed by atoms with Crippen molar-refractivity contribution in [2.24, 2.45) is 0 Å². The second-order valence-corrected chi connectivity index (χ2v) is 6.70. The number of rotatable bonds is 5. The maximum absolute atomic E-state index is 6.09. The first-order valence-corrected chi connectivity index (χ1v) is 8.70. The van der Waals surface area contributed by atoms with Crippen LogP contribution in [0.2, 0.25) is 10.0 Å². The molecule has 2 aromatic carbocycles. The lowest BCUT2D eigenvalue weighted by molar-refractivity contribution is 0.876. The zero-order valence-corrected chi connectivity index (χ0v) is 15.4. The molecule has 0 spiro atoms. The molecule has 0 aliphatic carbocycles. The monoisotopic (exact) mass is 372 g/mol. The fourth-order valence-electron chi connectivity index (χ4n) is 2.31. The van der Waals surface area contributed by atoms with Crippen molar-refractivity contribution in [2.45, 2.75) is 19.9 Å². The Labute approximate surface area is 157 Å². The molecule has 3 rings (SSSR count). The van der Waals surface area contributed by atoms with Crippen LogP contribution in [-0.4, -0.2) is 16.0 Å². The summed E-state index contributed by atoms with van der Waals surface area (Å²) in [6.07, 6.45) is 0. The molecule has 2 N–H and O–H groups in total. The second kappa shape index (κ2) is 7.72. The van der Waals surface area contributed by atoms with Crippen LogP contribution in [0.15, 0.2) is 54.6 Å². The van der Waals surface area contributed by atoms with Crippen molar-refractivity contribution in [2.75, 3.05) is 10.6 Å². The summed E-state index contributed by atoms with van der Waals surface area (Å²) in [6.45, 7) is 4.09. The second-order valence-electron chi connectivity index (χ2n) is 5.88. The van der Waals surface area contributed by atoms with E-state index in [1.165, 1.54) is 0 Å². The summed E-state index contributed by atoms with van der Waals surface area (Å²) in [5, 5.41) is 7.52. The summed E-state index contributed by atoms with van der Waals surface area (Å²) in [4.78, 5) is 9.14. The highest BCUT2D eigenvalue weighted by atomic mass is 35.5. The molecule has 0 unspecified atom stereocenters. The van der Waals surface area contributed by atoms with Crippen LogP contribution in [0.3, 0.4) is 0 Å². The molecule has 0 saturated heterocycles. The Morgan fingerprint density at radius 2 is 1.64 bits per heavy atom. The average molecular weight is 373 g/mol. The smallest absolute Gasteiger partial charge is 0.225 e. The van der Waals surface area contributed by atoms with Crippen LogP contribution >= 0.6 is 23.2 Å². The standard InChI is InChI=1S/C19H18Cl2N4/c1-12(2)22-19-24-17(13-6-4-3-5-7-13)11-18(25-19)23-14-8-9-15(20)16(21)10-14/h3-12H,1-2H3,(H2,22,23,24,25). The molecule has 1 heterocycles. The Morgan fingerprint density at radius 3 is 2.32 bits per heavy atom. The molecular formula is C19H18Cl2N4.